The van der Waals surface area contributed by atoms with Crippen LogP contribution in [0.25, 0.3) is 0 Å². The predicted octanol–water partition coefficient (Wildman–Crippen LogP) is 0.471. The smallest absolute Gasteiger partial charge is 0.303 e. The van der Waals surface area contributed by atoms with E-state index in [4.69, 9.17) is 5.11 Å². The van der Waals surface area contributed by atoms with E-state index in [1.54, 1.807) is 4.90 Å². The molecular weight excluding hydrogens is 210 g/mol. The zero-order valence-electron chi connectivity index (χ0n) is 9.56. The molecule has 1 heterocycles. The van der Waals surface area contributed by atoms with Gasteiger partial charge in [0.2, 0.25) is 5.91 Å². The molecule has 0 aromatic carbocycles. The molecule has 92 valence electrons. The number of aliphatic hydroxyl groups is 1. The van der Waals surface area contributed by atoms with Crippen molar-refractivity contribution >= 4 is 11.9 Å². The van der Waals surface area contributed by atoms with Gasteiger partial charge in [-0.15, -0.1) is 0 Å². The summed E-state index contributed by atoms with van der Waals surface area (Å²) < 4.78 is 0. The molecule has 0 aromatic heterocycles. The van der Waals surface area contributed by atoms with Crippen molar-refractivity contribution in [1.29, 1.82) is 0 Å². The number of rotatable bonds is 5. The topological polar surface area (TPSA) is 77.8 Å². The third-order valence-electron chi connectivity index (χ3n) is 3.17. The molecule has 1 aliphatic heterocycles. The fourth-order valence-electron chi connectivity index (χ4n) is 2.13. The van der Waals surface area contributed by atoms with E-state index in [1.165, 1.54) is 0 Å². The number of amides is 1. The van der Waals surface area contributed by atoms with Gasteiger partial charge in [0.05, 0.1) is 12.6 Å². The van der Waals surface area contributed by atoms with E-state index in [0.717, 1.165) is 6.42 Å². The number of carboxylic acids is 1. The van der Waals surface area contributed by atoms with Crippen LogP contribution in [0.5, 0.6) is 0 Å². The number of likely N-dealkylation sites (tertiary alicyclic amines) is 1. The van der Waals surface area contributed by atoms with Gasteiger partial charge in [-0.3, -0.25) is 9.59 Å². The lowest BCUT2D eigenvalue weighted by Gasteiger charge is -2.25. The summed E-state index contributed by atoms with van der Waals surface area (Å²) >= 11 is 0. The maximum atomic E-state index is 11.8. The molecule has 1 saturated heterocycles. The minimum atomic E-state index is -0.874. The molecule has 5 nitrogen and oxygen atoms in total. The lowest BCUT2D eigenvalue weighted by atomic mass is 10.0. The highest BCUT2D eigenvalue weighted by Crippen LogP contribution is 2.24. The van der Waals surface area contributed by atoms with E-state index in [9.17, 15) is 14.7 Å². The second-order valence-electron chi connectivity index (χ2n) is 4.35. The van der Waals surface area contributed by atoms with Gasteiger partial charge in [-0.25, -0.2) is 0 Å². The fraction of sp³-hybridized carbons (Fsp3) is 0.818. The highest BCUT2D eigenvalue weighted by molar-refractivity contribution is 5.77. The first-order valence-corrected chi connectivity index (χ1v) is 5.68. The summed E-state index contributed by atoms with van der Waals surface area (Å²) in [6.07, 6.45) is 1.57. The molecule has 0 aliphatic carbocycles. The largest absolute Gasteiger partial charge is 0.481 e. The Bertz CT molecular complexity index is 267. The van der Waals surface area contributed by atoms with Crippen molar-refractivity contribution < 1.29 is 19.8 Å². The number of nitrogens with zero attached hydrogens (tertiary/aromatic N) is 1. The van der Waals surface area contributed by atoms with Crippen LogP contribution in [0, 0.1) is 5.92 Å². The Labute approximate surface area is 95.1 Å². The standard InChI is InChI=1S/C11H19NO4/c1-8-5-6-12(9(8)7-13)10(14)3-2-4-11(15)16/h8-9,13H,2-7H2,1H3,(H,15,16). The van der Waals surface area contributed by atoms with Crippen molar-refractivity contribution in [3.63, 3.8) is 0 Å². The van der Waals surface area contributed by atoms with Crippen molar-refractivity contribution in [1.82, 2.24) is 4.90 Å². The molecule has 16 heavy (non-hydrogen) atoms. The Balaban J connectivity index is 2.38. The highest BCUT2D eigenvalue weighted by Gasteiger charge is 2.33. The second-order valence-corrected chi connectivity index (χ2v) is 4.35. The number of hydrogen-bond donors (Lipinski definition) is 2. The molecule has 2 unspecified atom stereocenters. The van der Waals surface area contributed by atoms with Crippen molar-refractivity contribution in [2.45, 2.75) is 38.6 Å². The minimum Gasteiger partial charge on any atom is -0.481 e. The maximum Gasteiger partial charge on any atom is 0.303 e. The zero-order valence-corrected chi connectivity index (χ0v) is 9.56. The highest BCUT2D eigenvalue weighted by atomic mass is 16.4. The average Bonchev–Trinajstić information content (AvgIpc) is 2.58. The second kappa shape index (κ2) is 5.84. The van der Waals surface area contributed by atoms with E-state index in [1.807, 2.05) is 6.92 Å². The van der Waals surface area contributed by atoms with Gasteiger partial charge in [0.25, 0.3) is 0 Å². The number of aliphatic hydroxyl groups excluding tert-OH is 1. The van der Waals surface area contributed by atoms with E-state index in [0.29, 0.717) is 18.9 Å². The normalized spacial score (nSPS) is 24.8. The molecule has 5 heteroatoms. The van der Waals surface area contributed by atoms with Crippen molar-refractivity contribution in [2.75, 3.05) is 13.2 Å². The third kappa shape index (κ3) is 3.20. The maximum absolute atomic E-state index is 11.8. The molecule has 1 amide bonds. The fourth-order valence-corrected chi connectivity index (χ4v) is 2.13. The first kappa shape index (κ1) is 13.0. The van der Waals surface area contributed by atoms with Gasteiger partial charge >= 0.3 is 5.97 Å². The zero-order chi connectivity index (χ0) is 12.1. The first-order chi connectivity index (χ1) is 7.56. The third-order valence-corrected chi connectivity index (χ3v) is 3.17. The Morgan fingerprint density at radius 1 is 1.38 bits per heavy atom. The van der Waals surface area contributed by atoms with Gasteiger partial charge in [-0.1, -0.05) is 6.92 Å². The summed E-state index contributed by atoms with van der Waals surface area (Å²) in [7, 11) is 0. The molecule has 2 atom stereocenters. The minimum absolute atomic E-state index is 0.00810. The van der Waals surface area contributed by atoms with E-state index < -0.39 is 5.97 Å². The van der Waals surface area contributed by atoms with Gasteiger partial charge in [0.15, 0.2) is 0 Å². The van der Waals surface area contributed by atoms with Gasteiger partial charge in [0, 0.05) is 19.4 Å². The van der Waals surface area contributed by atoms with E-state index in [-0.39, 0.29) is 31.4 Å². The van der Waals surface area contributed by atoms with Crippen LogP contribution >= 0.6 is 0 Å². The van der Waals surface area contributed by atoms with Crippen LogP contribution in [0.2, 0.25) is 0 Å². The molecule has 2 N–H and O–H groups in total. The van der Waals surface area contributed by atoms with Gasteiger partial charge in [-0.05, 0) is 18.8 Å². The molecule has 1 aliphatic rings. The number of carbonyl (C=O) groups is 2. The van der Waals surface area contributed by atoms with Crippen LogP contribution in [-0.2, 0) is 9.59 Å². The summed E-state index contributed by atoms with van der Waals surface area (Å²) in [5, 5.41) is 17.6. The lowest BCUT2D eigenvalue weighted by Crippen LogP contribution is -2.39. The molecule has 1 fully saturated rings. The number of carboxylic acid groups (broad SMARTS) is 1. The lowest BCUT2D eigenvalue weighted by molar-refractivity contribution is -0.137. The Kier molecular flexibility index (Phi) is 4.73. The molecule has 0 spiro atoms. The number of aliphatic carboxylic acids is 1. The van der Waals surface area contributed by atoms with Gasteiger partial charge in [0.1, 0.15) is 0 Å². The summed E-state index contributed by atoms with van der Waals surface area (Å²) in [4.78, 5) is 23.8. The monoisotopic (exact) mass is 229 g/mol. The van der Waals surface area contributed by atoms with Crippen LogP contribution in [0.4, 0.5) is 0 Å². The molecule has 1 rings (SSSR count). The van der Waals surface area contributed by atoms with Crippen LogP contribution in [0.15, 0.2) is 0 Å². The van der Waals surface area contributed by atoms with Crippen LogP contribution < -0.4 is 0 Å². The van der Waals surface area contributed by atoms with Gasteiger partial charge in [-0.2, -0.15) is 0 Å². The van der Waals surface area contributed by atoms with E-state index in [2.05, 4.69) is 0 Å². The van der Waals surface area contributed by atoms with Crippen molar-refractivity contribution in [2.24, 2.45) is 5.92 Å². The van der Waals surface area contributed by atoms with Gasteiger partial charge < -0.3 is 15.1 Å². The van der Waals surface area contributed by atoms with Crippen LogP contribution in [-0.4, -0.2) is 46.2 Å². The SMILES string of the molecule is CC1CCN(C(=O)CCCC(=O)O)C1CO. The van der Waals surface area contributed by atoms with Crippen molar-refractivity contribution in [3.05, 3.63) is 0 Å². The molecular formula is C11H19NO4. The average molecular weight is 229 g/mol. The number of hydrogen-bond acceptors (Lipinski definition) is 3. The predicted molar refractivity (Wildman–Crippen MR) is 57.9 cm³/mol. The number of carbonyl (C=O) groups excluding carboxylic acids is 1. The molecule has 0 radical (unpaired) electrons. The van der Waals surface area contributed by atoms with Crippen LogP contribution in [0.1, 0.15) is 32.6 Å². The summed E-state index contributed by atoms with van der Waals surface area (Å²) in [6, 6.07) is -0.0858. The van der Waals surface area contributed by atoms with Crippen LogP contribution in [0.3, 0.4) is 0 Å². The first-order valence-electron chi connectivity index (χ1n) is 5.68. The summed E-state index contributed by atoms with van der Waals surface area (Å²) in [5.74, 6) is -0.584. The van der Waals surface area contributed by atoms with Crippen molar-refractivity contribution in [3.8, 4) is 0 Å². The molecule has 0 bridgehead atoms. The Morgan fingerprint density at radius 3 is 2.62 bits per heavy atom. The summed E-state index contributed by atoms with van der Waals surface area (Å²) in [5.41, 5.74) is 0. The molecule has 0 saturated carbocycles. The quantitative estimate of drug-likeness (QED) is 0.718. The Morgan fingerprint density at radius 2 is 2.06 bits per heavy atom. The molecule has 0 aromatic rings. The summed E-state index contributed by atoms with van der Waals surface area (Å²) in [6.45, 7) is 2.69. The Hall–Kier alpha value is -1.10. The van der Waals surface area contributed by atoms with E-state index >= 15 is 0 Å².